The van der Waals surface area contributed by atoms with E-state index in [9.17, 15) is 4.79 Å². The van der Waals surface area contributed by atoms with Gasteiger partial charge in [-0.05, 0) is 31.2 Å². The lowest BCUT2D eigenvalue weighted by atomic mass is 10.2. The van der Waals surface area contributed by atoms with Crippen LogP contribution in [0.1, 0.15) is 6.92 Å². The monoisotopic (exact) mass is 389 g/mol. The van der Waals surface area contributed by atoms with E-state index in [1.807, 2.05) is 22.9 Å². The summed E-state index contributed by atoms with van der Waals surface area (Å²) in [4.78, 5) is 9.18. The number of hydrogen-bond donors (Lipinski definition) is 0. The molecular formula is C17H25Cl2NO3Si. The van der Waals surface area contributed by atoms with Gasteiger partial charge in [0, 0.05) is 31.3 Å². The number of benzene rings is 1. The fraction of sp³-hybridized carbons (Fsp3) is 0.471. The quantitative estimate of drug-likeness (QED) is 0.359. The van der Waals surface area contributed by atoms with Crippen molar-refractivity contribution in [2.75, 3.05) is 13.2 Å². The Labute approximate surface area is 154 Å². The molecule has 0 atom stereocenters. The minimum Gasteiger partial charge on any atom is -0.468 e. The maximum Gasteiger partial charge on any atom is 0.293 e. The van der Waals surface area contributed by atoms with Gasteiger partial charge in [-0.15, -0.1) is 0 Å². The first-order valence-corrected chi connectivity index (χ1v) is 12.3. The van der Waals surface area contributed by atoms with Crippen molar-refractivity contribution in [3.05, 3.63) is 34.4 Å². The SMILES string of the molecule is CCOC=O.C[Si](C)(C)CCOCn1ccc2c(Cl)cc(Cl)cc21. The van der Waals surface area contributed by atoms with Gasteiger partial charge in [-0.25, -0.2) is 0 Å². The minimum atomic E-state index is -1.03. The Balaban J connectivity index is 0.000000505. The van der Waals surface area contributed by atoms with Gasteiger partial charge in [-0.3, -0.25) is 4.79 Å². The van der Waals surface area contributed by atoms with Crippen LogP contribution in [0.4, 0.5) is 0 Å². The van der Waals surface area contributed by atoms with Crippen molar-refractivity contribution in [1.29, 1.82) is 0 Å². The summed E-state index contributed by atoms with van der Waals surface area (Å²) in [7, 11) is -1.03. The molecule has 0 N–H and O–H groups in total. The van der Waals surface area contributed by atoms with Crippen LogP contribution >= 0.6 is 23.2 Å². The van der Waals surface area contributed by atoms with Crippen LogP contribution in [0.3, 0.4) is 0 Å². The summed E-state index contributed by atoms with van der Waals surface area (Å²) in [6.45, 7) is 11.1. The summed E-state index contributed by atoms with van der Waals surface area (Å²) >= 11 is 12.2. The van der Waals surface area contributed by atoms with Gasteiger partial charge >= 0.3 is 0 Å². The zero-order chi connectivity index (χ0) is 18.2. The molecule has 0 bridgehead atoms. The summed E-state index contributed by atoms with van der Waals surface area (Å²) in [6.07, 6.45) is 1.99. The third kappa shape index (κ3) is 7.26. The highest BCUT2D eigenvalue weighted by atomic mass is 35.5. The van der Waals surface area contributed by atoms with Crippen LogP contribution in [0.15, 0.2) is 24.4 Å². The zero-order valence-corrected chi connectivity index (χ0v) is 17.2. The number of fused-ring (bicyclic) bond motifs is 1. The summed E-state index contributed by atoms with van der Waals surface area (Å²) in [5.41, 5.74) is 1.02. The molecule has 0 fully saturated rings. The predicted octanol–water partition coefficient (Wildman–Crippen LogP) is 5.44. The van der Waals surface area contributed by atoms with Gasteiger partial charge in [0.05, 0.1) is 17.1 Å². The highest BCUT2D eigenvalue weighted by Gasteiger charge is 2.12. The minimum absolute atomic E-state index is 0.431. The van der Waals surface area contributed by atoms with Crippen LogP contribution in [-0.2, 0) is 21.0 Å². The van der Waals surface area contributed by atoms with Gasteiger partial charge in [0.25, 0.3) is 6.47 Å². The molecule has 0 saturated carbocycles. The second-order valence-corrected chi connectivity index (χ2v) is 13.0. The number of aromatic nitrogens is 1. The second-order valence-electron chi connectivity index (χ2n) is 6.51. The van der Waals surface area contributed by atoms with Crippen LogP contribution in [-0.4, -0.2) is 32.3 Å². The molecule has 2 rings (SSSR count). The van der Waals surface area contributed by atoms with E-state index in [0.717, 1.165) is 17.5 Å². The Morgan fingerprint density at radius 1 is 1.25 bits per heavy atom. The highest BCUT2D eigenvalue weighted by Crippen LogP contribution is 2.28. The lowest BCUT2D eigenvalue weighted by Crippen LogP contribution is -2.21. The lowest BCUT2D eigenvalue weighted by Gasteiger charge is -2.15. The molecule has 1 aromatic carbocycles. The van der Waals surface area contributed by atoms with E-state index in [1.165, 1.54) is 6.04 Å². The first-order chi connectivity index (χ1) is 11.3. The van der Waals surface area contributed by atoms with Gasteiger partial charge in [0.2, 0.25) is 0 Å². The van der Waals surface area contributed by atoms with Gasteiger partial charge in [0.15, 0.2) is 0 Å². The van der Waals surface area contributed by atoms with Gasteiger partial charge < -0.3 is 14.0 Å². The van der Waals surface area contributed by atoms with Crippen molar-refractivity contribution in [2.24, 2.45) is 0 Å². The van der Waals surface area contributed by atoms with E-state index < -0.39 is 8.07 Å². The number of ether oxygens (including phenoxy) is 2. The van der Waals surface area contributed by atoms with Gasteiger partial charge in [0.1, 0.15) is 6.73 Å². The lowest BCUT2D eigenvalue weighted by molar-refractivity contribution is -0.128. The van der Waals surface area contributed by atoms with Crippen LogP contribution in [0.2, 0.25) is 35.7 Å². The molecule has 0 radical (unpaired) electrons. The van der Waals surface area contributed by atoms with Gasteiger partial charge in [-0.1, -0.05) is 42.8 Å². The Kier molecular flexibility index (Phi) is 8.84. The fourth-order valence-corrected chi connectivity index (χ4v) is 3.24. The third-order valence-electron chi connectivity index (χ3n) is 3.26. The van der Waals surface area contributed by atoms with Crippen LogP contribution in [0.5, 0.6) is 0 Å². The van der Waals surface area contributed by atoms with Crippen molar-refractivity contribution < 1.29 is 14.3 Å². The number of carbonyl (C=O) groups excluding carboxylic acids is 1. The molecule has 0 aliphatic carbocycles. The molecule has 0 aliphatic rings. The molecule has 0 spiro atoms. The van der Waals surface area contributed by atoms with Crippen LogP contribution < -0.4 is 0 Å². The molecule has 24 heavy (non-hydrogen) atoms. The highest BCUT2D eigenvalue weighted by molar-refractivity contribution is 6.76. The number of hydrogen-bond acceptors (Lipinski definition) is 3. The molecule has 1 aromatic heterocycles. The van der Waals surface area contributed by atoms with Gasteiger partial charge in [-0.2, -0.15) is 0 Å². The molecule has 1 heterocycles. The fourth-order valence-electron chi connectivity index (χ4n) is 1.94. The Morgan fingerprint density at radius 3 is 2.50 bits per heavy atom. The Hall–Kier alpha value is -1.01. The Bertz CT molecular complexity index is 653. The van der Waals surface area contributed by atoms with E-state index in [2.05, 4.69) is 24.4 Å². The largest absolute Gasteiger partial charge is 0.468 e. The number of halogens is 2. The van der Waals surface area contributed by atoms with E-state index >= 15 is 0 Å². The average molecular weight is 390 g/mol. The first kappa shape index (κ1) is 21.0. The van der Waals surface area contributed by atoms with Crippen LogP contribution in [0.25, 0.3) is 10.9 Å². The van der Waals surface area contributed by atoms with E-state index in [1.54, 1.807) is 13.0 Å². The number of rotatable bonds is 7. The number of carbonyl (C=O) groups is 1. The summed E-state index contributed by atoms with van der Waals surface area (Å²) < 4.78 is 11.9. The molecule has 2 aromatic rings. The molecule has 0 saturated heterocycles. The molecule has 0 amide bonds. The van der Waals surface area contributed by atoms with Crippen molar-refractivity contribution in [2.45, 2.75) is 39.3 Å². The third-order valence-corrected chi connectivity index (χ3v) is 5.50. The molecule has 4 nitrogen and oxygen atoms in total. The standard InChI is InChI=1S/C14H19Cl2NOSi.C3H6O2/c1-19(2,3)7-6-18-10-17-5-4-12-13(16)8-11(15)9-14(12)17;1-2-5-3-4/h4-5,8-9H,6-7,10H2,1-3H3;3H,2H2,1H3. The van der Waals surface area contributed by atoms with E-state index in [4.69, 9.17) is 27.9 Å². The van der Waals surface area contributed by atoms with E-state index in [0.29, 0.717) is 29.9 Å². The molecule has 0 aliphatic heterocycles. The summed E-state index contributed by atoms with van der Waals surface area (Å²) in [5, 5.41) is 2.35. The topological polar surface area (TPSA) is 40.5 Å². The normalized spacial score (nSPS) is 11.1. The molecule has 134 valence electrons. The van der Waals surface area contributed by atoms with Crippen molar-refractivity contribution >= 4 is 48.7 Å². The zero-order valence-electron chi connectivity index (χ0n) is 14.6. The van der Waals surface area contributed by atoms with Crippen molar-refractivity contribution in [3.63, 3.8) is 0 Å². The maximum atomic E-state index is 9.18. The molecular weight excluding hydrogens is 365 g/mol. The predicted molar refractivity (Wildman–Crippen MR) is 104 cm³/mol. The maximum absolute atomic E-state index is 9.18. The summed E-state index contributed by atoms with van der Waals surface area (Å²) in [6, 6.07) is 6.86. The van der Waals surface area contributed by atoms with Crippen molar-refractivity contribution in [1.82, 2.24) is 4.57 Å². The Morgan fingerprint density at radius 2 is 1.96 bits per heavy atom. The second kappa shape index (κ2) is 10.1. The average Bonchev–Trinajstić information content (AvgIpc) is 2.87. The number of nitrogens with zero attached hydrogens (tertiary/aromatic N) is 1. The summed E-state index contributed by atoms with van der Waals surface area (Å²) in [5.74, 6) is 0. The van der Waals surface area contributed by atoms with E-state index in [-0.39, 0.29) is 0 Å². The molecule has 7 heteroatoms. The first-order valence-electron chi connectivity index (χ1n) is 7.85. The smallest absolute Gasteiger partial charge is 0.293 e. The van der Waals surface area contributed by atoms with Crippen LogP contribution in [0, 0.1) is 0 Å². The van der Waals surface area contributed by atoms with Crippen molar-refractivity contribution in [3.8, 4) is 0 Å². The molecule has 0 unspecified atom stereocenters.